The fraction of sp³-hybridized carbons (Fsp3) is 0. The first-order valence-electron chi connectivity index (χ1n) is 3.07. The van der Waals surface area contributed by atoms with Crippen molar-refractivity contribution in [3.63, 3.8) is 0 Å². The molecule has 61 valence electrons. The molecule has 0 aromatic heterocycles. The van der Waals surface area contributed by atoms with Gasteiger partial charge in [-0.2, -0.15) is 17.5 Å². The summed E-state index contributed by atoms with van der Waals surface area (Å²) in [4.78, 5) is 0. The summed E-state index contributed by atoms with van der Waals surface area (Å²) in [6, 6.07) is 14.7. The second kappa shape index (κ2) is 5.98. The molecule has 0 bridgehead atoms. The molecule has 1 radical (unpaired) electrons. The van der Waals surface area contributed by atoms with Gasteiger partial charge in [-0.25, -0.2) is 0 Å². The summed E-state index contributed by atoms with van der Waals surface area (Å²) >= 11 is 0. The Hall–Kier alpha value is -0.596. The van der Waals surface area contributed by atoms with Crippen LogP contribution in [0.5, 0.6) is 0 Å². The number of halogens is 2. The molecule has 0 aliphatic heterocycles. The van der Waals surface area contributed by atoms with Gasteiger partial charge in [-0.1, -0.05) is 6.07 Å². The molecular formula is C9H7F2Ti. The van der Waals surface area contributed by atoms with E-state index in [0.717, 1.165) is 0 Å². The summed E-state index contributed by atoms with van der Waals surface area (Å²) < 4.78 is 0. The minimum Gasteiger partial charge on any atom is -1.00 e. The fourth-order valence-electron chi connectivity index (χ4n) is 1.07. The van der Waals surface area contributed by atoms with E-state index >= 15 is 0 Å². The van der Waals surface area contributed by atoms with Gasteiger partial charge in [-0.05, 0) is 0 Å². The molecule has 0 unspecified atom stereocenters. The Morgan fingerprint density at radius 3 is 2.25 bits per heavy atom. The number of benzene rings is 1. The number of hydrogen-bond acceptors (Lipinski definition) is 0. The molecule has 0 aliphatic carbocycles. The maximum atomic E-state index is 2.12. The molecule has 0 spiro atoms. The van der Waals surface area contributed by atoms with E-state index in [1.54, 1.807) is 0 Å². The van der Waals surface area contributed by atoms with Crippen molar-refractivity contribution in [2.24, 2.45) is 0 Å². The predicted octanol–water partition coefficient (Wildman–Crippen LogP) is -3.44. The average Bonchev–Trinajstić information content (AvgIpc) is 2.33. The SMILES string of the molecule is [F-].[F-].[Ti+3].c1ccc2[cH-]ccc2c1. The van der Waals surface area contributed by atoms with Gasteiger partial charge in [0.1, 0.15) is 0 Å². The molecule has 2 aromatic carbocycles. The van der Waals surface area contributed by atoms with E-state index in [0.29, 0.717) is 0 Å². The van der Waals surface area contributed by atoms with Crippen molar-refractivity contribution < 1.29 is 31.1 Å². The van der Waals surface area contributed by atoms with E-state index in [9.17, 15) is 0 Å². The third-order valence-electron chi connectivity index (χ3n) is 1.55. The zero-order chi connectivity index (χ0) is 6.10. The molecule has 12 heavy (non-hydrogen) atoms. The predicted molar refractivity (Wildman–Crippen MR) is 39.5 cm³/mol. The van der Waals surface area contributed by atoms with Crippen LogP contribution in [-0.2, 0) is 21.7 Å². The Labute approximate surface area is 84.6 Å². The number of rotatable bonds is 0. The summed E-state index contributed by atoms with van der Waals surface area (Å²) in [7, 11) is 0. The number of hydrogen-bond donors (Lipinski definition) is 0. The Bertz CT molecular complexity index is 287. The molecule has 0 saturated carbocycles. The van der Waals surface area contributed by atoms with Gasteiger partial charge >= 0.3 is 21.7 Å². The van der Waals surface area contributed by atoms with E-state index in [1.165, 1.54) is 10.8 Å². The van der Waals surface area contributed by atoms with E-state index < -0.39 is 0 Å². The smallest absolute Gasteiger partial charge is 1.00 e. The van der Waals surface area contributed by atoms with E-state index in [1.807, 2.05) is 0 Å². The summed E-state index contributed by atoms with van der Waals surface area (Å²) in [5, 5.41) is 2.66. The maximum Gasteiger partial charge on any atom is 3.00 e. The van der Waals surface area contributed by atoms with Gasteiger partial charge in [0.2, 0.25) is 0 Å². The molecule has 0 nitrogen and oxygen atoms in total. The molecule has 2 rings (SSSR count). The first kappa shape index (κ1) is 14.0. The molecular weight excluding hydrogens is 194 g/mol. The number of fused-ring (bicyclic) bond motifs is 1. The van der Waals surface area contributed by atoms with Crippen molar-refractivity contribution >= 4 is 10.8 Å². The summed E-state index contributed by atoms with van der Waals surface area (Å²) in [6.07, 6.45) is 0. The zero-order valence-electron chi connectivity index (χ0n) is 6.30. The molecule has 0 amide bonds. The van der Waals surface area contributed by atoms with Crippen LogP contribution in [0.3, 0.4) is 0 Å². The molecule has 0 atom stereocenters. The Morgan fingerprint density at radius 1 is 0.917 bits per heavy atom. The first-order valence-corrected chi connectivity index (χ1v) is 3.07. The molecule has 3 heteroatoms. The second-order valence-corrected chi connectivity index (χ2v) is 2.15. The van der Waals surface area contributed by atoms with Crippen molar-refractivity contribution in [1.29, 1.82) is 0 Å². The first-order chi connectivity index (χ1) is 4.47. The molecule has 0 N–H and O–H groups in total. The van der Waals surface area contributed by atoms with Crippen LogP contribution in [0.1, 0.15) is 0 Å². The topological polar surface area (TPSA) is 0 Å². The van der Waals surface area contributed by atoms with E-state index in [-0.39, 0.29) is 31.1 Å². The summed E-state index contributed by atoms with van der Waals surface area (Å²) in [5.41, 5.74) is 0. The largest absolute Gasteiger partial charge is 3.00 e. The normalized spacial score (nSPS) is 7.67. The minimum atomic E-state index is 0. The van der Waals surface area contributed by atoms with Crippen molar-refractivity contribution in [2.75, 3.05) is 0 Å². The quantitative estimate of drug-likeness (QED) is 0.307. The van der Waals surface area contributed by atoms with Crippen LogP contribution in [0.4, 0.5) is 0 Å². The summed E-state index contributed by atoms with van der Waals surface area (Å²) in [6.45, 7) is 0. The van der Waals surface area contributed by atoms with Crippen LogP contribution >= 0.6 is 0 Å². The van der Waals surface area contributed by atoms with Gasteiger partial charge in [0.15, 0.2) is 0 Å². The van der Waals surface area contributed by atoms with Gasteiger partial charge in [-0.3, -0.25) is 0 Å². The van der Waals surface area contributed by atoms with Gasteiger partial charge in [0.25, 0.3) is 0 Å². The van der Waals surface area contributed by atoms with Crippen molar-refractivity contribution in [3.8, 4) is 0 Å². The van der Waals surface area contributed by atoms with Crippen LogP contribution in [-0.4, -0.2) is 0 Å². The van der Waals surface area contributed by atoms with Gasteiger partial charge in [0.05, 0.1) is 0 Å². The second-order valence-electron chi connectivity index (χ2n) is 2.15. The Kier molecular flexibility index (Phi) is 6.96. The summed E-state index contributed by atoms with van der Waals surface area (Å²) in [5.74, 6) is 0. The van der Waals surface area contributed by atoms with Gasteiger partial charge < -0.3 is 9.41 Å². The minimum absolute atomic E-state index is 0. The van der Waals surface area contributed by atoms with Crippen molar-refractivity contribution in [3.05, 3.63) is 42.5 Å². The third-order valence-corrected chi connectivity index (χ3v) is 1.55. The van der Waals surface area contributed by atoms with Crippen LogP contribution in [0, 0.1) is 0 Å². The molecule has 0 saturated heterocycles. The average molecular weight is 201 g/mol. The van der Waals surface area contributed by atoms with Crippen LogP contribution < -0.4 is 9.41 Å². The van der Waals surface area contributed by atoms with Crippen LogP contribution in [0.2, 0.25) is 0 Å². The van der Waals surface area contributed by atoms with E-state index in [4.69, 9.17) is 0 Å². The van der Waals surface area contributed by atoms with E-state index in [2.05, 4.69) is 42.5 Å². The Balaban J connectivity index is 0. The zero-order valence-corrected chi connectivity index (χ0v) is 7.86. The molecule has 0 aliphatic rings. The monoisotopic (exact) mass is 201 g/mol. The third kappa shape index (κ3) is 2.47. The van der Waals surface area contributed by atoms with Crippen LogP contribution in [0.15, 0.2) is 42.5 Å². The maximum absolute atomic E-state index is 2.12. The Morgan fingerprint density at radius 2 is 1.58 bits per heavy atom. The van der Waals surface area contributed by atoms with Crippen LogP contribution in [0.25, 0.3) is 10.8 Å². The van der Waals surface area contributed by atoms with Gasteiger partial charge in [-0.15, -0.1) is 29.7 Å². The van der Waals surface area contributed by atoms with Crippen molar-refractivity contribution in [1.82, 2.24) is 0 Å². The van der Waals surface area contributed by atoms with Gasteiger partial charge in [0, 0.05) is 0 Å². The molecule has 0 fully saturated rings. The fourth-order valence-corrected chi connectivity index (χ4v) is 1.07. The standard InChI is InChI=1S/C9H7.2FH.Ti/c1-2-5-9-7-3-6-8(9)4-1;;;/h1-7H;2*1H;/q-1;;;+3/p-2. The molecule has 0 heterocycles. The van der Waals surface area contributed by atoms with Crippen molar-refractivity contribution in [2.45, 2.75) is 0 Å². The molecule has 2 aromatic rings.